The van der Waals surface area contributed by atoms with Crippen molar-refractivity contribution in [3.05, 3.63) is 35.9 Å². The summed E-state index contributed by atoms with van der Waals surface area (Å²) in [6.07, 6.45) is 1.86. The van der Waals surface area contributed by atoms with E-state index in [4.69, 9.17) is 4.74 Å². The van der Waals surface area contributed by atoms with Gasteiger partial charge in [0.25, 0.3) is 5.91 Å². The molecule has 4 rings (SSSR count). The maximum Gasteiger partial charge on any atom is 0.325 e. The molecule has 168 valence electrons. The van der Waals surface area contributed by atoms with Gasteiger partial charge in [-0.1, -0.05) is 30.3 Å². The van der Waals surface area contributed by atoms with Gasteiger partial charge in [-0.2, -0.15) is 0 Å². The van der Waals surface area contributed by atoms with Crippen LogP contribution in [0.1, 0.15) is 31.7 Å². The molecule has 3 atom stereocenters. The Kier molecular flexibility index (Phi) is 5.78. The number of sulfone groups is 1. The number of benzene rings is 1. The molecular weight excluding hydrogens is 422 g/mol. The number of rotatable bonds is 6. The van der Waals surface area contributed by atoms with Crippen LogP contribution in [0.15, 0.2) is 30.3 Å². The molecule has 0 bridgehead atoms. The minimum atomic E-state index is -3.21. The van der Waals surface area contributed by atoms with Crippen LogP contribution in [0.2, 0.25) is 0 Å². The van der Waals surface area contributed by atoms with E-state index in [-0.39, 0.29) is 24.2 Å². The molecule has 0 aliphatic carbocycles. The molecule has 9 nitrogen and oxygen atoms in total. The van der Waals surface area contributed by atoms with Gasteiger partial charge in [-0.15, -0.1) is 0 Å². The van der Waals surface area contributed by atoms with E-state index in [1.165, 1.54) is 4.90 Å². The van der Waals surface area contributed by atoms with Gasteiger partial charge in [0.1, 0.15) is 12.1 Å². The van der Waals surface area contributed by atoms with Crippen molar-refractivity contribution in [3.8, 4) is 0 Å². The monoisotopic (exact) mass is 449 g/mol. The van der Waals surface area contributed by atoms with Crippen molar-refractivity contribution >= 4 is 27.7 Å². The fraction of sp³-hybridized carbons (Fsp3) is 0.571. The maximum atomic E-state index is 13.2. The molecule has 3 aliphatic heterocycles. The molecule has 3 unspecified atom stereocenters. The second kappa shape index (κ2) is 8.23. The number of carbonyl (C=O) groups is 3. The summed E-state index contributed by atoms with van der Waals surface area (Å²) in [7, 11) is -3.21. The van der Waals surface area contributed by atoms with Crippen molar-refractivity contribution < 1.29 is 27.5 Å². The van der Waals surface area contributed by atoms with Crippen LogP contribution < -0.4 is 5.32 Å². The fourth-order valence-electron chi connectivity index (χ4n) is 4.52. The molecule has 31 heavy (non-hydrogen) atoms. The summed E-state index contributed by atoms with van der Waals surface area (Å²) in [6.45, 7) is 2.05. The first-order valence-corrected chi connectivity index (χ1v) is 12.3. The lowest BCUT2D eigenvalue weighted by atomic mass is 9.92. The lowest BCUT2D eigenvalue weighted by Gasteiger charge is -2.31. The largest absolute Gasteiger partial charge is 0.376 e. The average Bonchev–Trinajstić information content (AvgIpc) is 3.43. The molecule has 1 aromatic rings. The first-order chi connectivity index (χ1) is 14.7. The molecule has 1 aromatic carbocycles. The van der Waals surface area contributed by atoms with Crippen molar-refractivity contribution in [3.63, 3.8) is 0 Å². The molecule has 1 N–H and O–H groups in total. The van der Waals surface area contributed by atoms with Gasteiger partial charge in [-0.25, -0.2) is 13.2 Å². The Morgan fingerprint density at radius 2 is 2.00 bits per heavy atom. The van der Waals surface area contributed by atoms with E-state index in [1.54, 1.807) is 31.2 Å². The smallest absolute Gasteiger partial charge is 0.325 e. The Morgan fingerprint density at radius 3 is 2.61 bits per heavy atom. The lowest BCUT2D eigenvalue weighted by Crippen LogP contribution is -2.50. The van der Waals surface area contributed by atoms with Crippen LogP contribution in [0.3, 0.4) is 0 Å². The zero-order valence-corrected chi connectivity index (χ0v) is 18.3. The number of nitrogens with zero attached hydrogens (tertiary/aromatic N) is 2. The van der Waals surface area contributed by atoms with Crippen LogP contribution in [-0.2, 0) is 29.7 Å². The van der Waals surface area contributed by atoms with Crippen molar-refractivity contribution in [1.29, 1.82) is 0 Å². The second-order valence-corrected chi connectivity index (χ2v) is 10.8. The van der Waals surface area contributed by atoms with E-state index in [0.29, 0.717) is 18.6 Å². The molecule has 3 saturated heterocycles. The molecule has 0 aromatic heterocycles. The Balaban J connectivity index is 1.52. The Hall–Kier alpha value is -2.46. The minimum absolute atomic E-state index is 0.0299. The summed E-state index contributed by atoms with van der Waals surface area (Å²) >= 11 is 0. The van der Waals surface area contributed by atoms with Gasteiger partial charge < -0.3 is 15.0 Å². The maximum absolute atomic E-state index is 13.2. The Morgan fingerprint density at radius 1 is 1.26 bits per heavy atom. The summed E-state index contributed by atoms with van der Waals surface area (Å²) in [5.74, 6) is -1.03. The highest BCUT2D eigenvalue weighted by Crippen LogP contribution is 2.29. The number of hydrogen-bond donors (Lipinski definition) is 1. The first-order valence-electron chi connectivity index (χ1n) is 10.5. The number of imide groups is 1. The van der Waals surface area contributed by atoms with Crippen LogP contribution >= 0.6 is 0 Å². The molecule has 0 spiro atoms. The van der Waals surface area contributed by atoms with E-state index < -0.39 is 45.8 Å². The second-order valence-electron chi connectivity index (χ2n) is 8.55. The molecule has 3 aliphatic rings. The normalized spacial score (nSPS) is 29.9. The number of hydrogen-bond acceptors (Lipinski definition) is 6. The van der Waals surface area contributed by atoms with Crippen LogP contribution in [0, 0.1) is 0 Å². The molecule has 0 radical (unpaired) electrons. The topological polar surface area (TPSA) is 113 Å². The van der Waals surface area contributed by atoms with E-state index in [2.05, 4.69) is 5.32 Å². The summed E-state index contributed by atoms with van der Waals surface area (Å²) in [6, 6.07) is 7.75. The van der Waals surface area contributed by atoms with Gasteiger partial charge in [-0.3, -0.25) is 14.5 Å². The van der Waals surface area contributed by atoms with Gasteiger partial charge >= 0.3 is 6.03 Å². The lowest BCUT2D eigenvalue weighted by molar-refractivity contribution is -0.141. The van der Waals surface area contributed by atoms with Crippen molar-refractivity contribution in [2.24, 2.45) is 0 Å². The minimum Gasteiger partial charge on any atom is -0.376 e. The van der Waals surface area contributed by atoms with Crippen molar-refractivity contribution in [2.75, 3.05) is 31.2 Å². The summed E-state index contributed by atoms with van der Waals surface area (Å²) in [5.41, 5.74) is -0.629. The summed E-state index contributed by atoms with van der Waals surface area (Å²) < 4.78 is 29.6. The quantitative estimate of drug-likeness (QED) is 0.638. The third-order valence-corrected chi connectivity index (χ3v) is 8.06. The fourth-order valence-corrected chi connectivity index (χ4v) is 6.25. The molecule has 3 fully saturated rings. The number of nitrogens with one attached hydrogen (secondary N) is 1. The average molecular weight is 450 g/mol. The number of amides is 4. The standard InChI is InChI=1S/C21H27N3O6S/c1-21(15-6-3-2-4-7-15)19(26)24(20(27)22-21)13-18(25)23(12-17-8-5-10-30-17)16-9-11-31(28,29)14-16/h2-4,6-7,16-17H,5,8-14H2,1H3,(H,22,27). The SMILES string of the molecule is CC1(c2ccccc2)NC(=O)N(CC(=O)N(CC2CCCO2)C2CCS(=O)(=O)C2)C1=O. The molecule has 3 heterocycles. The summed E-state index contributed by atoms with van der Waals surface area (Å²) in [4.78, 5) is 41.4. The molecule has 10 heteroatoms. The van der Waals surface area contributed by atoms with Crippen molar-refractivity contribution in [1.82, 2.24) is 15.1 Å². The van der Waals surface area contributed by atoms with Gasteiger partial charge in [0.15, 0.2) is 9.84 Å². The molecule has 4 amide bonds. The van der Waals surface area contributed by atoms with Crippen molar-refractivity contribution in [2.45, 2.75) is 43.9 Å². The van der Waals surface area contributed by atoms with Crippen LogP contribution in [0.25, 0.3) is 0 Å². The highest BCUT2D eigenvalue weighted by molar-refractivity contribution is 7.91. The first kappa shape index (κ1) is 21.8. The molecule has 0 saturated carbocycles. The number of urea groups is 1. The van der Waals surface area contributed by atoms with E-state index >= 15 is 0 Å². The van der Waals surface area contributed by atoms with Crippen LogP contribution in [-0.4, -0.2) is 79.4 Å². The third kappa shape index (κ3) is 4.31. The Bertz CT molecular complexity index is 976. The Labute approximate surface area is 181 Å². The van der Waals surface area contributed by atoms with E-state index in [0.717, 1.165) is 17.7 Å². The highest BCUT2D eigenvalue weighted by Gasteiger charge is 2.50. The van der Waals surface area contributed by atoms with Gasteiger partial charge in [0, 0.05) is 19.2 Å². The van der Waals surface area contributed by atoms with E-state index in [1.807, 2.05) is 6.07 Å². The third-order valence-electron chi connectivity index (χ3n) is 6.31. The highest BCUT2D eigenvalue weighted by atomic mass is 32.2. The van der Waals surface area contributed by atoms with Gasteiger partial charge in [0.05, 0.1) is 17.6 Å². The molecular formula is C21H27N3O6S. The predicted molar refractivity (Wildman–Crippen MR) is 112 cm³/mol. The van der Waals surface area contributed by atoms with Gasteiger partial charge in [-0.05, 0) is 31.7 Å². The van der Waals surface area contributed by atoms with Crippen LogP contribution in [0.5, 0.6) is 0 Å². The van der Waals surface area contributed by atoms with Crippen LogP contribution in [0.4, 0.5) is 4.79 Å². The van der Waals surface area contributed by atoms with Gasteiger partial charge in [0.2, 0.25) is 5.91 Å². The predicted octanol–water partition coefficient (Wildman–Crippen LogP) is 0.648. The zero-order valence-electron chi connectivity index (χ0n) is 17.5. The van der Waals surface area contributed by atoms with E-state index in [9.17, 15) is 22.8 Å². The number of ether oxygens (including phenoxy) is 1. The summed E-state index contributed by atoms with van der Waals surface area (Å²) in [5, 5.41) is 2.69. The number of carbonyl (C=O) groups excluding carboxylic acids is 3. The zero-order chi connectivity index (χ0) is 22.2.